The average molecular weight is 668 g/mol. The minimum atomic E-state index is -3.63. The minimum Gasteiger partial charge on any atom is -0.363 e. The molecule has 15 heteroatoms. The van der Waals surface area contributed by atoms with Gasteiger partial charge in [-0.25, -0.2) is 4.79 Å². The third-order valence-electron chi connectivity index (χ3n) is 10.7. The number of nitrogens with one attached hydrogen (secondary N) is 3. The van der Waals surface area contributed by atoms with Crippen LogP contribution < -0.4 is 21.7 Å². The molecule has 0 spiro atoms. The van der Waals surface area contributed by atoms with Crippen molar-refractivity contribution in [3.63, 3.8) is 0 Å². The Kier molecular flexibility index (Phi) is 9.68. The summed E-state index contributed by atoms with van der Waals surface area (Å²) in [6.07, 6.45) is 2.27. The number of hydrogen-bond acceptors (Lipinski definition) is 7. The second-order valence-electron chi connectivity index (χ2n) is 16.3. The van der Waals surface area contributed by atoms with Crippen molar-refractivity contribution in [1.82, 2.24) is 29.5 Å². The Morgan fingerprint density at radius 2 is 1.54 bits per heavy atom. The van der Waals surface area contributed by atoms with Crippen molar-refractivity contribution in [2.24, 2.45) is 39.7 Å². The molecule has 4 aliphatic rings. The van der Waals surface area contributed by atoms with E-state index in [2.05, 4.69) is 16.0 Å². The highest BCUT2D eigenvalue weighted by atomic mass is 32.2. The molecule has 0 aromatic rings. The predicted molar refractivity (Wildman–Crippen MR) is 171 cm³/mol. The molecular formula is C31H53N7O7S. The standard InChI is InChI=1S/C31H53N7O7S/c1-29(2,3)19(16-37-14-13-36(9)46(37,44)45)33-28(43)35-24(30(4,5)6)27(42)38-15-18-20(31(18,7)8)22(38)26(41)34-21(17-11-10-12-17)23(39)25(32)40/h17-22,24H,10-16H2,1-9H3,(H2,32,40)(H,34,41)(H2,33,35,43)/t18-,19+,20-,21?,22-,24+/m0/s1. The maximum atomic E-state index is 14.3. The number of rotatable bonds is 10. The topological polar surface area (TPSA) is 191 Å². The van der Waals surface area contributed by atoms with Gasteiger partial charge in [0.05, 0.1) is 0 Å². The summed E-state index contributed by atoms with van der Waals surface area (Å²) in [5, 5.41) is 8.55. The molecule has 5 amide bonds. The van der Waals surface area contributed by atoms with Gasteiger partial charge in [-0.2, -0.15) is 17.0 Å². The number of amides is 5. The zero-order valence-electron chi connectivity index (χ0n) is 28.7. The number of primary amides is 1. The Morgan fingerprint density at radius 1 is 0.935 bits per heavy atom. The lowest BCUT2D eigenvalue weighted by atomic mass is 9.78. The number of ketones is 1. The summed E-state index contributed by atoms with van der Waals surface area (Å²) in [5.41, 5.74) is 3.84. The second-order valence-corrected chi connectivity index (χ2v) is 18.4. The number of nitrogens with zero attached hydrogens (tertiary/aromatic N) is 3. The number of Topliss-reactive ketones (excluding diaryl/α,β-unsaturated/α-hetero) is 1. The van der Waals surface area contributed by atoms with Crippen molar-refractivity contribution in [2.75, 3.05) is 33.2 Å². The van der Waals surface area contributed by atoms with Gasteiger partial charge in [0.2, 0.25) is 17.6 Å². The average Bonchev–Trinajstić information content (AvgIpc) is 3.15. The van der Waals surface area contributed by atoms with Gasteiger partial charge < -0.3 is 26.6 Å². The first-order valence-corrected chi connectivity index (χ1v) is 17.6. The van der Waals surface area contributed by atoms with E-state index in [1.54, 1.807) is 0 Å². The molecule has 1 unspecified atom stereocenters. The van der Waals surface area contributed by atoms with E-state index in [1.165, 1.54) is 20.6 Å². The largest absolute Gasteiger partial charge is 0.363 e. The molecule has 2 aliphatic carbocycles. The minimum absolute atomic E-state index is 0.0569. The van der Waals surface area contributed by atoms with E-state index in [4.69, 9.17) is 5.73 Å². The number of piperidine rings is 1. The molecule has 2 saturated heterocycles. The van der Waals surface area contributed by atoms with Crippen LogP contribution in [0.3, 0.4) is 0 Å². The van der Waals surface area contributed by atoms with Gasteiger partial charge in [-0.3, -0.25) is 19.2 Å². The fraction of sp³-hybridized carbons (Fsp3) is 0.839. The van der Waals surface area contributed by atoms with Crippen LogP contribution in [-0.2, 0) is 29.4 Å². The molecule has 0 bridgehead atoms. The zero-order valence-corrected chi connectivity index (χ0v) is 29.5. The number of likely N-dealkylation sites (tertiary alicyclic amines) is 1. The number of nitrogens with two attached hydrogens (primary N) is 1. The molecule has 0 aromatic carbocycles. The Balaban J connectivity index is 1.53. The summed E-state index contributed by atoms with van der Waals surface area (Å²) >= 11 is 0. The first-order valence-electron chi connectivity index (χ1n) is 16.2. The maximum absolute atomic E-state index is 14.3. The van der Waals surface area contributed by atoms with E-state index in [9.17, 15) is 32.4 Å². The van der Waals surface area contributed by atoms with E-state index < -0.39 is 74.7 Å². The van der Waals surface area contributed by atoms with Crippen molar-refractivity contribution in [3.8, 4) is 0 Å². The lowest BCUT2D eigenvalue weighted by Crippen LogP contribution is -2.63. The van der Waals surface area contributed by atoms with E-state index in [-0.39, 0.29) is 29.7 Å². The summed E-state index contributed by atoms with van der Waals surface area (Å²) in [5.74, 6) is -3.15. The highest BCUT2D eigenvalue weighted by Gasteiger charge is 2.70. The number of hydrogen-bond donors (Lipinski definition) is 4. The van der Waals surface area contributed by atoms with Gasteiger partial charge >= 0.3 is 6.03 Å². The molecule has 5 N–H and O–H groups in total. The van der Waals surface area contributed by atoms with Crippen LogP contribution in [0.5, 0.6) is 0 Å². The summed E-state index contributed by atoms with van der Waals surface area (Å²) in [6, 6.07) is -4.14. The van der Waals surface area contributed by atoms with Crippen LogP contribution in [0.15, 0.2) is 0 Å². The molecule has 2 saturated carbocycles. The highest BCUT2D eigenvalue weighted by molar-refractivity contribution is 7.87. The molecule has 6 atom stereocenters. The first-order chi connectivity index (χ1) is 21.0. The van der Waals surface area contributed by atoms with Gasteiger partial charge in [0.15, 0.2) is 0 Å². The maximum Gasteiger partial charge on any atom is 0.315 e. The van der Waals surface area contributed by atoms with Crippen molar-refractivity contribution in [1.29, 1.82) is 0 Å². The van der Waals surface area contributed by atoms with E-state index in [1.807, 2.05) is 55.4 Å². The smallest absolute Gasteiger partial charge is 0.315 e. The van der Waals surface area contributed by atoms with Gasteiger partial charge in [-0.05, 0) is 46.8 Å². The van der Waals surface area contributed by atoms with Gasteiger partial charge in [-0.15, -0.1) is 0 Å². The fourth-order valence-electron chi connectivity index (χ4n) is 7.13. The van der Waals surface area contributed by atoms with Crippen molar-refractivity contribution in [3.05, 3.63) is 0 Å². The van der Waals surface area contributed by atoms with Crippen LogP contribution in [0.1, 0.15) is 74.7 Å². The first kappa shape index (κ1) is 36.1. The lowest BCUT2D eigenvalue weighted by Gasteiger charge is -2.39. The highest BCUT2D eigenvalue weighted by Crippen LogP contribution is 2.65. The number of urea groups is 1. The van der Waals surface area contributed by atoms with E-state index in [0.717, 1.165) is 6.42 Å². The molecule has 260 valence electrons. The van der Waals surface area contributed by atoms with Gasteiger partial charge in [0.1, 0.15) is 18.1 Å². The summed E-state index contributed by atoms with van der Waals surface area (Å²) in [7, 11) is -2.11. The van der Waals surface area contributed by atoms with Crippen LogP contribution in [-0.4, -0.2) is 109 Å². The van der Waals surface area contributed by atoms with Gasteiger partial charge in [0, 0.05) is 39.3 Å². The van der Waals surface area contributed by atoms with E-state index >= 15 is 0 Å². The normalized spacial score (nSPS) is 27.9. The Hall–Kier alpha value is -2.78. The fourth-order valence-corrected chi connectivity index (χ4v) is 8.48. The van der Waals surface area contributed by atoms with E-state index in [0.29, 0.717) is 32.5 Å². The molecular weight excluding hydrogens is 614 g/mol. The lowest BCUT2D eigenvalue weighted by molar-refractivity contribution is -0.145. The molecule has 4 rings (SSSR count). The zero-order chi connectivity index (χ0) is 34.7. The molecule has 0 radical (unpaired) electrons. The summed E-state index contributed by atoms with van der Waals surface area (Å²) in [4.78, 5) is 67.7. The quantitative estimate of drug-likeness (QED) is 0.243. The van der Waals surface area contributed by atoms with Crippen molar-refractivity contribution < 1.29 is 32.4 Å². The van der Waals surface area contributed by atoms with Crippen LogP contribution in [0.2, 0.25) is 0 Å². The number of carbonyl (C=O) groups is 5. The monoisotopic (exact) mass is 667 g/mol. The number of carbonyl (C=O) groups excluding carboxylic acids is 5. The van der Waals surface area contributed by atoms with Crippen LogP contribution in [0.25, 0.3) is 0 Å². The molecule has 46 heavy (non-hydrogen) atoms. The Bertz CT molecular complexity index is 1370. The molecule has 2 heterocycles. The predicted octanol–water partition coefficient (Wildman–Crippen LogP) is 0.430. The molecule has 2 aliphatic heterocycles. The van der Waals surface area contributed by atoms with Crippen molar-refractivity contribution >= 4 is 39.7 Å². The summed E-state index contributed by atoms with van der Waals surface area (Å²) < 4.78 is 28.1. The van der Waals surface area contributed by atoms with Crippen molar-refractivity contribution in [2.45, 2.75) is 98.8 Å². The molecule has 14 nitrogen and oxygen atoms in total. The van der Waals surface area contributed by atoms with Crippen LogP contribution in [0, 0.1) is 34.0 Å². The molecule has 0 aromatic heterocycles. The Labute approximate surface area is 273 Å². The summed E-state index contributed by atoms with van der Waals surface area (Å²) in [6.45, 7) is 16.3. The third kappa shape index (κ3) is 6.91. The number of likely N-dealkylation sites (N-methyl/N-ethyl adjacent to an activating group) is 1. The van der Waals surface area contributed by atoms with Crippen LogP contribution >= 0.6 is 0 Å². The van der Waals surface area contributed by atoms with Gasteiger partial charge in [-0.1, -0.05) is 61.8 Å². The third-order valence-corrected chi connectivity index (χ3v) is 12.7. The van der Waals surface area contributed by atoms with Gasteiger partial charge in [0.25, 0.3) is 16.1 Å². The SMILES string of the molecule is CN1CCN(C[C@@H](NC(=O)N[C@H](C(=O)N2C[C@H]3[C@@H]([C@H]2C(=O)NC(C(=O)C(N)=O)C2CCC2)C3(C)C)C(C)(C)C)C(C)(C)C)S1(=O)=O. The molecule has 4 fully saturated rings. The Morgan fingerprint density at radius 3 is 2.00 bits per heavy atom. The number of fused-ring (bicyclic) bond motifs is 1. The van der Waals surface area contributed by atoms with Crippen LogP contribution in [0.4, 0.5) is 4.79 Å². The second kappa shape index (κ2) is 12.3.